The van der Waals surface area contributed by atoms with Crippen molar-refractivity contribution in [3.05, 3.63) is 130 Å². The summed E-state index contributed by atoms with van der Waals surface area (Å²) in [7, 11) is -4.18. The number of rotatable bonds is 15. The van der Waals surface area contributed by atoms with Gasteiger partial charge in [-0.15, -0.1) is 0 Å². The molecular weight excluding hydrogens is 618 g/mol. The van der Waals surface area contributed by atoms with Gasteiger partial charge in [-0.3, -0.25) is 13.9 Å². The zero-order valence-corrected chi connectivity index (χ0v) is 28.2. The van der Waals surface area contributed by atoms with Crippen LogP contribution in [0.15, 0.2) is 108 Å². The molecule has 4 rings (SSSR count). The summed E-state index contributed by atoms with van der Waals surface area (Å²) in [6.07, 6.45) is 2.49. The number of anilines is 1. The minimum Gasteiger partial charge on any atom is -0.354 e. The van der Waals surface area contributed by atoms with Gasteiger partial charge in [-0.05, 0) is 60.7 Å². The standard InChI is InChI=1S/C37H42ClN3O4S/c1-4-6-24-39-37(43)35(25-29-14-8-7-9-15-29)40(26-31-17-10-12-18-33(31)38)36(42)27-41(34-19-13-11-16-30(34)5-2)46(44,45)32-22-20-28(3)21-23-32/h7-23,35H,4-6,24-27H2,1-3H3,(H,39,43). The Balaban J connectivity index is 1.82. The first-order chi connectivity index (χ1) is 22.1. The number of amides is 2. The lowest BCUT2D eigenvalue weighted by atomic mass is 10.0. The van der Waals surface area contributed by atoms with Crippen molar-refractivity contribution in [3.63, 3.8) is 0 Å². The maximum absolute atomic E-state index is 14.6. The number of halogens is 1. The second-order valence-electron chi connectivity index (χ2n) is 11.3. The number of nitrogens with one attached hydrogen (secondary N) is 1. The van der Waals surface area contributed by atoms with Crippen molar-refractivity contribution in [2.45, 2.75) is 63.9 Å². The van der Waals surface area contributed by atoms with Gasteiger partial charge in [0, 0.05) is 24.5 Å². The van der Waals surface area contributed by atoms with E-state index in [2.05, 4.69) is 5.32 Å². The minimum atomic E-state index is -4.18. The minimum absolute atomic E-state index is 0.0189. The van der Waals surface area contributed by atoms with Crippen molar-refractivity contribution < 1.29 is 18.0 Å². The molecule has 0 radical (unpaired) electrons. The molecule has 0 spiro atoms. The van der Waals surface area contributed by atoms with Gasteiger partial charge in [-0.1, -0.05) is 116 Å². The van der Waals surface area contributed by atoms with Crippen molar-refractivity contribution in [1.29, 1.82) is 0 Å². The Morgan fingerprint density at radius 2 is 1.46 bits per heavy atom. The molecular formula is C37H42ClN3O4S. The first-order valence-corrected chi connectivity index (χ1v) is 17.5. The third kappa shape index (κ3) is 8.77. The smallest absolute Gasteiger partial charge is 0.264 e. The predicted octanol–water partition coefficient (Wildman–Crippen LogP) is 6.96. The van der Waals surface area contributed by atoms with E-state index in [0.29, 0.717) is 29.2 Å². The number of sulfonamides is 1. The van der Waals surface area contributed by atoms with E-state index in [9.17, 15) is 18.0 Å². The van der Waals surface area contributed by atoms with Crippen LogP contribution in [-0.4, -0.2) is 44.3 Å². The number of unbranched alkanes of at least 4 members (excludes halogenated alkanes) is 1. The molecule has 0 aromatic heterocycles. The summed E-state index contributed by atoms with van der Waals surface area (Å²) in [6, 6.07) is 29.5. The van der Waals surface area contributed by atoms with Gasteiger partial charge in [0.15, 0.2) is 0 Å². The van der Waals surface area contributed by atoms with Crippen LogP contribution in [-0.2, 0) is 39.0 Å². The van der Waals surface area contributed by atoms with Crippen molar-refractivity contribution in [2.75, 3.05) is 17.4 Å². The molecule has 0 saturated heterocycles. The van der Waals surface area contributed by atoms with Gasteiger partial charge in [0.1, 0.15) is 12.6 Å². The summed E-state index contributed by atoms with van der Waals surface area (Å²) in [4.78, 5) is 30.1. The van der Waals surface area contributed by atoms with E-state index in [0.717, 1.165) is 29.5 Å². The highest BCUT2D eigenvalue weighted by molar-refractivity contribution is 7.92. The Morgan fingerprint density at radius 3 is 2.11 bits per heavy atom. The van der Waals surface area contributed by atoms with Gasteiger partial charge >= 0.3 is 0 Å². The van der Waals surface area contributed by atoms with E-state index in [1.54, 1.807) is 48.5 Å². The van der Waals surface area contributed by atoms with Crippen molar-refractivity contribution in [3.8, 4) is 0 Å². The molecule has 46 heavy (non-hydrogen) atoms. The van der Waals surface area contributed by atoms with Gasteiger partial charge in [-0.25, -0.2) is 8.42 Å². The number of nitrogens with zero attached hydrogens (tertiary/aromatic N) is 2. The molecule has 0 aliphatic carbocycles. The molecule has 0 heterocycles. The van der Waals surface area contributed by atoms with Gasteiger partial charge in [0.2, 0.25) is 11.8 Å². The predicted molar refractivity (Wildman–Crippen MR) is 185 cm³/mol. The second kappa shape index (κ2) is 16.4. The Kier molecular flexibility index (Phi) is 12.4. The maximum atomic E-state index is 14.6. The fourth-order valence-electron chi connectivity index (χ4n) is 5.27. The molecule has 1 N–H and O–H groups in total. The molecule has 9 heteroatoms. The highest BCUT2D eigenvalue weighted by Crippen LogP contribution is 2.29. The van der Waals surface area contributed by atoms with E-state index >= 15 is 0 Å². The summed E-state index contributed by atoms with van der Waals surface area (Å²) in [5, 5.41) is 3.46. The van der Waals surface area contributed by atoms with Crippen LogP contribution >= 0.6 is 11.6 Å². The Morgan fingerprint density at radius 1 is 0.826 bits per heavy atom. The largest absolute Gasteiger partial charge is 0.354 e. The van der Waals surface area contributed by atoms with Crippen LogP contribution in [0.1, 0.15) is 48.9 Å². The van der Waals surface area contributed by atoms with Gasteiger partial charge < -0.3 is 10.2 Å². The molecule has 0 bridgehead atoms. The molecule has 0 fully saturated rings. The molecule has 0 aliphatic heterocycles. The number of carbonyl (C=O) groups is 2. The van der Waals surface area contributed by atoms with E-state index in [4.69, 9.17) is 11.6 Å². The average Bonchev–Trinajstić information content (AvgIpc) is 3.06. The summed E-state index contributed by atoms with van der Waals surface area (Å²) in [5.41, 5.74) is 3.64. The highest BCUT2D eigenvalue weighted by Gasteiger charge is 2.35. The molecule has 242 valence electrons. The zero-order valence-electron chi connectivity index (χ0n) is 26.7. The van der Waals surface area contributed by atoms with Crippen LogP contribution in [0.3, 0.4) is 0 Å². The SMILES string of the molecule is CCCCNC(=O)C(Cc1ccccc1)N(Cc1ccccc1Cl)C(=O)CN(c1ccccc1CC)S(=O)(=O)c1ccc(C)cc1. The molecule has 2 amide bonds. The van der Waals surface area contributed by atoms with E-state index in [1.807, 2.05) is 75.4 Å². The topological polar surface area (TPSA) is 86.8 Å². The first-order valence-electron chi connectivity index (χ1n) is 15.7. The molecule has 0 aliphatic rings. The van der Waals surface area contributed by atoms with Gasteiger partial charge in [-0.2, -0.15) is 0 Å². The van der Waals surface area contributed by atoms with E-state index in [-0.39, 0.29) is 23.8 Å². The quantitative estimate of drug-likeness (QED) is 0.140. The summed E-state index contributed by atoms with van der Waals surface area (Å²) < 4.78 is 29.8. The fourth-order valence-corrected chi connectivity index (χ4v) is 6.92. The number of carbonyl (C=O) groups excluding carboxylic acids is 2. The van der Waals surface area contributed by atoms with Crippen LogP contribution in [0.5, 0.6) is 0 Å². The number of hydrogen-bond acceptors (Lipinski definition) is 4. The van der Waals surface area contributed by atoms with Crippen molar-refractivity contribution in [2.24, 2.45) is 0 Å². The second-order valence-corrected chi connectivity index (χ2v) is 13.5. The normalized spacial score (nSPS) is 11.9. The number of para-hydroxylation sites is 1. The Bertz CT molecular complexity index is 1710. The molecule has 0 saturated carbocycles. The summed E-state index contributed by atoms with van der Waals surface area (Å²) >= 11 is 6.58. The van der Waals surface area contributed by atoms with Crippen LogP contribution < -0.4 is 9.62 Å². The van der Waals surface area contributed by atoms with E-state index < -0.39 is 28.5 Å². The van der Waals surface area contributed by atoms with Gasteiger partial charge in [0.25, 0.3) is 10.0 Å². The fraction of sp³-hybridized carbons (Fsp3) is 0.297. The third-order valence-electron chi connectivity index (χ3n) is 7.93. The van der Waals surface area contributed by atoms with Crippen LogP contribution in [0.2, 0.25) is 5.02 Å². The molecule has 1 atom stereocenters. The monoisotopic (exact) mass is 659 g/mol. The molecule has 4 aromatic carbocycles. The van der Waals surface area contributed by atoms with Crippen LogP contribution in [0, 0.1) is 6.92 Å². The first kappa shape index (κ1) is 34.7. The lowest BCUT2D eigenvalue weighted by molar-refractivity contribution is -0.140. The summed E-state index contributed by atoms with van der Waals surface area (Å²) in [5.74, 6) is -0.826. The Hall–Kier alpha value is -4.14. The number of aryl methyl sites for hydroxylation is 2. The number of benzene rings is 4. The summed E-state index contributed by atoms with van der Waals surface area (Å²) in [6.45, 7) is 5.84. The van der Waals surface area contributed by atoms with Crippen molar-refractivity contribution in [1.82, 2.24) is 10.2 Å². The lowest BCUT2D eigenvalue weighted by Crippen LogP contribution is -2.53. The Labute approximate surface area is 278 Å². The van der Waals surface area contributed by atoms with Gasteiger partial charge in [0.05, 0.1) is 10.6 Å². The highest BCUT2D eigenvalue weighted by atomic mass is 35.5. The molecule has 7 nitrogen and oxygen atoms in total. The third-order valence-corrected chi connectivity index (χ3v) is 10.1. The number of hydrogen-bond donors (Lipinski definition) is 1. The average molecular weight is 660 g/mol. The van der Waals surface area contributed by atoms with E-state index in [1.165, 1.54) is 9.21 Å². The molecule has 1 unspecified atom stereocenters. The maximum Gasteiger partial charge on any atom is 0.264 e. The van der Waals surface area contributed by atoms with Crippen LogP contribution in [0.25, 0.3) is 0 Å². The zero-order chi connectivity index (χ0) is 33.1. The molecule has 4 aromatic rings. The lowest BCUT2D eigenvalue weighted by Gasteiger charge is -2.34. The van der Waals surface area contributed by atoms with Crippen LogP contribution in [0.4, 0.5) is 5.69 Å². The van der Waals surface area contributed by atoms with Crippen molar-refractivity contribution >= 4 is 39.1 Å².